The van der Waals surface area contributed by atoms with Crippen molar-refractivity contribution in [3.05, 3.63) is 176 Å². The Morgan fingerprint density at radius 2 is 0.941 bits per heavy atom. The van der Waals surface area contributed by atoms with E-state index >= 15 is 0 Å². The number of para-hydroxylation sites is 4. The van der Waals surface area contributed by atoms with Gasteiger partial charge in [-0.25, -0.2) is 9.97 Å². The van der Waals surface area contributed by atoms with Crippen LogP contribution in [0, 0.1) is 0 Å². The van der Waals surface area contributed by atoms with E-state index in [1.54, 1.807) is 0 Å². The van der Waals surface area contributed by atoms with E-state index in [0.29, 0.717) is 5.95 Å². The fraction of sp³-hybridized carbons (Fsp3) is 0. The van der Waals surface area contributed by atoms with Crippen LogP contribution in [0.1, 0.15) is 0 Å². The van der Waals surface area contributed by atoms with Crippen molar-refractivity contribution in [1.82, 2.24) is 23.7 Å². The molecule has 51 heavy (non-hydrogen) atoms. The molecule has 0 aliphatic carbocycles. The smallest absolute Gasteiger partial charge is 0.235 e. The molecule has 0 saturated heterocycles. The molecule has 11 aromatic rings. The van der Waals surface area contributed by atoms with E-state index < -0.39 is 0 Å². The summed E-state index contributed by atoms with van der Waals surface area (Å²) < 4.78 is 7.01. The van der Waals surface area contributed by atoms with Crippen LogP contribution in [0.4, 0.5) is 0 Å². The van der Waals surface area contributed by atoms with Gasteiger partial charge < -0.3 is 9.13 Å². The van der Waals surface area contributed by atoms with Crippen molar-refractivity contribution < 1.29 is 0 Å². The summed E-state index contributed by atoms with van der Waals surface area (Å²) in [7, 11) is 0. The van der Waals surface area contributed by atoms with Gasteiger partial charge in [-0.3, -0.25) is 4.57 Å². The van der Waals surface area contributed by atoms with Crippen molar-refractivity contribution in [3.8, 4) is 28.6 Å². The van der Waals surface area contributed by atoms with Crippen LogP contribution in [0.5, 0.6) is 0 Å². The summed E-state index contributed by atoms with van der Waals surface area (Å²) in [4.78, 5) is 10.9. The summed E-state index contributed by atoms with van der Waals surface area (Å²) in [6.45, 7) is 0. The highest BCUT2D eigenvalue weighted by Crippen LogP contribution is 2.44. The molecule has 0 spiro atoms. The lowest BCUT2D eigenvalue weighted by Crippen LogP contribution is -2.05. The van der Waals surface area contributed by atoms with Crippen LogP contribution in [0.15, 0.2) is 176 Å². The van der Waals surface area contributed by atoms with Crippen molar-refractivity contribution >= 4 is 65.4 Å². The minimum Gasteiger partial charge on any atom is -0.316 e. The van der Waals surface area contributed by atoms with Gasteiger partial charge in [-0.05, 0) is 48.5 Å². The zero-order chi connectivity index (χ0) is 33.5. The zero-order valence-electron chi connectivity index (χ0n) is 27.5. The van der Waals surface area contributed by atoms with Crippen molar-refractivity contribution in [2.45, 2.75) is 0 Å². The van der Waals surface area contributed by atoms with Gasteiger partial charge in [0.05, 0.1) is 38.8 Å². The van der Waals surface area contributed by atoms with Crippen LogP contribution >= 0.6 is 0 Å². The molecule has 11 rings (SSSR count). The fourth-order valence-electron chi connectivity index (χ4n) is 8.09. The number of hydrogen-bond donors (Lipinski definition) is 0. The maximum atomic E-state index is 5.48. The Morgan fingerprint density at radius 3 is 1.73 bits per heavy atom. The molecule has 4 aromatic heterocycles. The van der Waals surface area contributed by atoms with Crippen molar-refractivity contribution in [2.75, 3.05) is 0 Å². The highest BCUT2D eigenvalue weighted by Gasteiger charge is 2.25. The predicted octanol–water partition coefficient (Wildman–Crippen LogP) is 11.4. The molecule has 4 heterocycles. The standard InChI is InChI=1S/C46H29N5/c1-4-14-30(15-5-1)42-37-21-10-12-22-39(37)47-46(48-42)51-43-35(26-27-40-38(43)28-29-49(40)31-16-6-2-7-17-31)36-25-24-34-33-20-11-13-23-41(33)50(44(34)45(36)51)32-18-8-3-9-19-32/h1-29H. The van der Waals surface area contributed by atoms with Gasteiger partial charge in [0.25, 0.3) is 0 Å². The Bertz CT molecular complexity index is 3120. The second kappa shape index (κ2) is 10.8. The molecule has 0 radical (unpaired) electrons. The van der Waals surface area contributed by atoms with Gasteiger partial charge >= 0.3 is 0 Å². The Morgan fingerprint density at radius 1 is 0.353 bits per heavy atom. The van der Waals surface area contributed by atoms with E-state index in [4.69, 9.17) is 9.97 Å². The normalized spacial score (nSPS) is 11.9. The molecule has 5 heteroatoms. The molecule has 7 aromatic carbocycles. The van der Waals surface area contributed by atoms with Crippen molar-refractivity contribution in [3.63, 3.8) is 0 Å². The van der Waals surface area contributed by atoms with Crippen LogP contribution in [0.2, 0.25) is 0 Å². The molecule has 0 amide bonds. The largest absolute Gasteiger partial charge is 0.316 e. The molecule has 0 atom stereocenters. The third-order valence-electron chi connectivity index (χ3n) is 10.3. The highest BCUT2D eigenvalue weighted by atomic mass is 15.2. The highest BCUT2D eigenvalue weighted by molar-refractivity contribution is 6.26. The Kier molecular flexibility index (Phi) is 5.89. The average Bonchev–Trinajstić information content (AvgIpc) is 3.89. The first-order valence-electron chi connectivity index (χ1n) is 17.3. The van der Waals surface area contributed by atoms with E-state index in [2.05, 4.69) is 184 Å². The fourth-order valence-corrected chi connectivity index (χ4v) is 8.09. The molecule has 0 unspecified atom stereocenters. The summed E-state index contributed by atoms with van der Waals surface area (Å²) in [6, 6.07) is 60.1. The van der Waals surface area contributed by atoms with Crippen LogP contribution < -0.4 is 0 Å². The minimum atomic E-state index is 0.643. The van der Waals surface area contributed by atoms with E-state index in [0.717, 1.165) is 77.3 Å². The van der Waals surface area contributed by atoms with Gasteiger partial charge in [-0.1, -0.05) is 121 Å². The molecule has 0 N–H and O–H groups in total. The summed E-state index contributed by atoms with van der Waals surface area (Å²) in [5.74, 6) is 0.643. The molecular weight excluding hydrogens is 623 g/mol. The van der Waals surface area contributed by atoms with Crippen LogP contribution in [-0.2, 0) is 0 Å². The first kappa shape index (κ1) is 27.9. The van der Waals surface area contributed by atoms with Gasteiger partial charge in [0.1, 0.15) is 0 Å². The lowest BCUT2D eigenvalue weighted by Gasteiger charge is -2.14. The van der Waals surface area contributed by atoms with Crippen LogP contribution in [0.3, 0.4) is 0 Å². The first-order chi connectivity index (χ1) is 25.3. The maximum absolute atomic E-state index is 5.48. The molecule has 0 bridgehead atoms. The van der Waals surface area contributed by atoms with E-state index in [1.165, 1.54) is 10.8 Å². The summed E-state index contributed by atoms with van der Waals surface area (Å²) in [5.41, 5.74) is 10.7. The van der Waals surface area contributed by atoms with E-state index in [9.17, 15) is 0 Å². The quantitative estimate of drug-likeness (QED) is 0.190. The van der Waals surface area contributed by atoms with Gasteiger partial charge in [0.15, 0.2) is 0 Å². The number of aromatic nitrogens is 5. The molecule has 0 aliphatic heterocycles. The third kappa shape index (κ3) is 4.03. The van der Waals surface area contributed by atoms with Gasteiger partial charge in [-0.2, -0.15) is 0 Å². The molecule has 0 aliphatic rings. The summed E-state index contributed by atoms with van der Waals surface area (Å²) >= 11 is 0. The molecule has 0 saturated carbocycles. The number of fused-ring (bicyclic) bond motifs is 10. The lowest BCUT2D eigenvalue weighted by molar-refractivity contribution is 1.02. The van der Waals surface area contributed by atoms with Crippen molar-refractivity contribution in [1.29, 1.82) is 0 Å². The monoisotopic (exact) mass is 651 g/mol. The van der Waals surface area contributed by atoms with E-state index in [-0.39, 0.29) is 0 Å². The molecule has 5 nitrogen and oxygen atoms in total. The second-order valence-electron chi connectivity index (χ2n) is 13.1. The lowest BCUT2D eigenvalue weighted by atomic mass is 10.1. The summed E-state index contributed by atoms with van der Waals surface area (Å²) in [6.07, 6.45) is 2.18. The number of rotatable bonds is 4. The predicted molar refractivity (Wildman–Crippen MR) is 210 cm³/mol. The second-order valence-corrected chi connectivity index (χ2v) is 13.1. The Hall–Kier alpha value is -6.98. The summed E-state index contributed by atoms with van der Waals surface area (Å²) in [5, 5.41) is 6.88. The molecule has 238 valence electrons. The SMILES string of the molecule is c1ccc(-c2nc(-n3c4c(ccc5c4ccn5-c4ccccc4)c4ccc5c6ccccc6n(-c6ccccc6)c5c43)nc3ccccc23)cc1. The maximum Gasteiger partial charge on any atom is 0.235 e. The van der Waals surface area contributed by atoms with Gasteiger partial charge in [0.2, 0.25) is 5.95 Å². The first-order valence-corrected chi connectivity index (χ1v) is 17.3. The number of nitrogens with zero attached hydrogens (tertiary/aromatic N) is 5. The molecular formula is C46H29N5. The Labute approximate surface area is 292 Å². The van der Waals surface area contributed by atoms with Crippen LogP contribution in [0.25, 0.3) is 94.0 Å². The minimum absolute atomic E-state index is 0.643. The third-order valence-corrected chi connectivity index (χ3v) is 10.3. The van der Waals surface area contributed by atoms with Crippen LogP contribution in [-0.4, -0.2) is 23.7 Å². The average molecular weight is 652 g/mol. The zero-order valence-corrected chi connectivity index (χ0v) is 27.5. The van der Waals surface area contributed by atoms with Gasteiger partial charge in [0, 0.05) is 55.5 Å². The number of benzene rings is 7. The molecule has 0 fully saturated rings. The Balaban J connectivity index is 1.38. The van der Waals surface area contributed by atoms with E-state index in [1.807, 2.05) is 6.07 Å². The topological polar surface area (TPSA) is 40.6 Å². The van der Waals surface area contributed by atoms with Gasteiger partial charge in [-0.15, -0.1) is 0 Å². The van der Waals surface area contributed by atoms with Crippen molar-refractivity contribution in [2.24, 2.45) is 0 Å². The number of hydrogen-bond acceptors (Lipinski definition) is 2.